The van der Waals surface area contributed by atoms with Crippen LogP contribution < -0.4 is 0 Å². The van der Waals surface area contributed by atoms with Crippen LogP contribution in [-0.4, -0.2) is 35.2 Å². The highest BCUT2D eigenvalue weighted by molar-refractivity contribution is 4.71. The molecule has 0 spiro atoms. The van der Waals surface area contributed by atoms with E-state index in [4.69, 9.17) is 0 Å². The predicted molar refractivity (Wildman–Crippen MR) is 62.5 cm³/mol. The maximum Gasteiger partial charge on any atom is 0.0664 e. The molecule has 0 aliphatic carbocycles. The van der Waals surface area contributed by atoms with Gasteiger partial charge in [0, 0.05) is 6.04 Å². The molecule has 86 valence electrons. The SMILES string of the molecule is CCCCN(CCCC)C(C)C(C)O. The molecule has 0 aromatic rings. The van der Waals surface area contributed by atoms with Crippen LogP contribution in [0.4, 0.5) is 0 Å². The Bertz CT molecular complexity index is 117. The first-order valence-electron chi connectivity index (χ1n) is 6.05. The van der Waals surface area contributed by atoms with Crippen LogP contribution in [0, 0.1) is 0 Å². The molecule has 0 fully saturated rings. The van der Waals surface area contributed by atoms with Crippen molar-refractivity contribution in [1.82, 2.24) is 4.90 Å². The van der Waals surface area contributed by atoms with E-state index >= 15 is 0 Å². The topological polar surface area (TPSA) is 23.5 Å². The fourth-order valence-electron chi connectivity index (χ4n) is 1.55. The monoisotopic (exact) mass is 201 g/mol. The Morgan fingerprint density at radius 2 is 1.43 bits per heavy atom. The molecule has 2 atom stereocenters. The lowest BCUT2D eigenvalue weighted by Crippen LogP contribution is -2.41. The average Bonchev–Trinajstić information content (AvgIpc) is 2.17. The molecular formula is C12H27NO. The number of unbranched alkanes of at least 4 members (excludes halogenated alkanes) is 2. The largest absolute Gasteiger partial charge is 0.392 e. The lowest BCUT2D eigenvalue weighted by atomic mass is 10.1. The van der Waals surface area contributed by atoms with Crippen LogP contribution in [-0.2, 0) is 0 Å². The van der Waals surface area contributed by atoms with E-state index in [1.54, 1.807) is 0 Å². The number of nitrogens with zero attached hydrogens (tertiary/aromatic N) is 1. The maximum atomic E-state index is 9.55. The lowest BCUT2D eigenvalue weighted by Gasteiger charge is -2.30. The summed E-state index contributed by atoms with van der Waals surface area (Å²) in [5.41, 5.74) is 0. The summed E-state index contributed by atoms with van der Waals surface area (Å²) >= 11 is 0. The van der Waals surface area contributed by atoms with Gasteiger partial charge in [-0.3, -0.25) is 4.90 Å². The standard InChI is InChI=1S/C12H27NO/c1-5-7-9-13(10-8-6-2)11(3)12(4)14/h11-12,14H,5-10H2,1-4H3. The number of hydrogen-bond acceptors (Lipinski definition) is 2. The Hall–Kier alpha value is -0.0800. The van der Waals surface area contributed by atoms with Crippen molar-refractivity contribution >= 4 is 0 Å². The number of rotatable bonds is 8. The Morgan fingerprint density at radius 3 is 1.71 bits per heavy atom. The third-order valence-corrected chi connectivity index (χ3v) is 2.87. The first kappa shape index (κ1) is 13.9. The van der Waals surface area contributed by atoms with Gasteiger partial charge in [-0.25, -0.2) is 0 Å². The van der Waals surface area contributed by atoms with E-state index in [9.17, 15) is 5.11 Å². The Balaban J connectivity index is 3.94. The van der Waals surface area contributed by atoms with Gasteiger partial charge < -0.3 is 5.11 Å². The van der Waals surface area contributed by atoms with Crippen LogP contribution in [0.2, 0.25) is 0 Å². The van der Waals surface area contributed by atoms with E-state index in [0.29, 0.717) is 6.04 Å². The van der Waals surface area contributed by atoms with Gasteiger partial charge in [-0.2, -0.15) is 0 Å². The molecule has 0 saturated heterocycles. The Morgan fingerprint density at radius 1 is 1.00 bits per heavy atom. The van der Waals surface area contributed by atoms with Crippen LogP contribution >= 0.6 is 0 Å². The summed E-state index contributed by atoms with van der Waals surface area (Å²) in [5.74, 6) is 0. The molecule has 0 heterocycles. The van der Waals surface area contributed by atoms with Gasteiger partial charge in [-0.1, -0.05) is 26.7 Å². The molecule has 0 radical (unpaired) electrons. The maximum absolute atomic E-state index is 9.55. The molecule has 0 amide bonds. The summed E-state index contributed by atoms with van der Waals surface area (Å²) in [5, 5.41) is 9.55. The normalized spacial score (nSPS) is 15.9. The molecule has 0 aromatic carbocycles. The zero-order valence-electron chi connectivity index (χ0n) is 10.3. The van der Waals surface area contributed by atoms with Gasteiger partial charge in [0.05, 0.1) is 6.10 Å². The van der Waals surface area contributed by atoms with Crippen molar-refractivity contribution in [2.24, 2.45) is 0 Å². The summed E-state index contributed by atoms with van der Waals surface area (Å²) in [6.07, 6.45) is 4.72. The van der Waals surface area contributed by atoms with Gasteiger partial charge in [0.2, 0.25) is 0 Å². The summed E-state index contributed by atoms with van der Waals surface area (Å²) < 4.78 is 0. The molecule has 2 heteroatoms. The van der Waals surface area contributed by atoms with Crippen molar-refractivity contribution in [1.29, 1.82) is 0 Å². The van der Waals surface area contributed by atoms with Crippen LogP contribution in [0.3, 0.4) is 0 Å². The second-order valence-corrected chi connectivity index (χ2v) is 4.22. The molecule has 0 aliphatic heterocycles. The Labute approximate surface area is 89.3 Å². The zero-order chi connectivity index (χ0) is 11.0. The van der Waals surface area contributed by atoms with Crippen molar-refractivity contribution in [3.63, 3.8) is 0 Å². The van der Waals surface area contributed by atoms with Gasteiger partial charge in [-0.15, -0.1) is 0 Å². The molecule has 0 aliphatic rings. The third-order valence-electron chi connectivity index (χ3n) is 2.87. The van der Waals surface area contributed by atoms with Gasteiger partial charge in [0.1, 0.15) is 0 Å². The first-order chi connectivity index (χ1) is 6.63. The fraction of sp³-hybridized carbons (Fsp3) is 1.00. The van der Waals surface area contributed by atoms with Crippen molar-refractivity contribution < 1.29 is 5.11 Å². The molecule has 1 N–H and O–H groups in total. The molecule has 0 aromatic heterocycles. The first-order valence-corrected chi connectivity index (χ1v) is 6.05. The summed E-state index contributed by atoms with van der Waals surface area (Å²) in [7, 11) is 0. The van der Waals surface area contributed by atoms with Crippen molar-refractivity contribution in [3.05, 3.63) is 0 Å². The summed E-state index contributed by atoms with van der Waals surface area (Å²) in [6, 6.07) is 0.299. The molecule has 0 saturated carbocycles. The van der Waals surface area contributed by atoms with Gasteiger partial charge in [-0.05, 0) is 39.8 Å². The van der Waals surface area contributed by atoms with Crippen LogP contribution in [0.25, 0.3) is 0 Å². The number of aliphatic hydroxyl groups is 1. The molecular weight excluding hydrogens is 174 g/mol. The Kier molecular flexibility index (Phi) is 8.20. The molecule has 2 unspecified atom stereocenters. The highest BCUT2D eigenvalue weighted by Gasteiger charge is 2.16. The minimum absolute atomic E-state index is 0.219. The van der Waals surface area contributed by atoms with E-state index in [-0.39, 0.29) is 6.10 Å². The summed E-state index contributed by atoms with van der Waals surface area (Å²) in [6.45, 7) is 10.7. The smallest absolute Gasteiger partial charge is 0.0664 e. The molecule has 2 nitrogen and oxygen atoms in total. The molecule has 14 heavy (non-hydrogen) atoms. The van der Waals surface area contributed by atoms with Gasteiger partial charge >= 0.3 is 0 Å². The molecule has 0 bridgehead atoms. The van der Waals surface area contributed by atoms with Crippen LogP contribution in [0.1, 0.15) is 53.4 Å². The van der Waals surface area contributed by atoms with E-state index < -0.39 is 0 Å². The van der Waals surface area contributed by atoms with E-state index in [0.717, 1.165) is 13.1 Å². The second kappa shape index (κ2) is 8.25. The fourth-order valence-corrected chi connectivity index (χ4v) is 1.55. The lowest BCUT2D eigenvalue weighted by molar-refractivity contribution is 0.0688. The quantitative estimate of drug-likeness (QED) is 0.652. The van der Waals surface area contributed by atoms with Crippen molar-refractivity contribution in [2.45, 2.75) is 65.5 Å². The number of hydrogen-bond donors (Lipinski definition) is 1. The second-order valence-electron chi connectivity index (χ2n) is 4.22. The van der Waals surface area contributed by atoms with Gasteiger partial charge in [0.15, 0.2) is 0 Å². The zero-order valence-corrected chi connectivity index (χ0v) is 10.3. The highest BCUT2D eigenvalue weighted by atomic mass is 16.3. The predicted octanol–water partition coefficient (Wildman–Crippen LogP) is 2.66. The molecule has 0 rings (SSSR count). The summed E-state index contributed by atoms with van der Waals surface area (Å²) in [4.78, 5) is 2.41. The minimum atomic E-state index is -0.219. The van der Waals surface area contributed by atoms with Gasteiger partial charge in [0.25, 0.3) is 0 Å². The van der Waals surface area contributed by atoms with Crippen molar-refractivity contribution in [2.75, 3.05) is 13.1 Å². The van der Waals surface area contributed by atoms with Crippen LogP contribution in [0.15, 0.2) is 0 Å². The third kappa shape index (κ3) is 5.61. The number of aliphatic hydroxyl groups excluding tert-OH is 1. The van der Waals surface area contributed by atoms with E-state index in [1.807, 2.05) is 6.92 Å². The highest BCUT2D eigenvalue weighted by Crippen LogP contribution is 2.08. The average molecular weight is 201 g/mol. The van der Waals surface area contributed by atoms with Crippen molar-refractivity contribution in [3.8, 4) is 0 Å². The van der Waals surface area contributed by atoms with E-state index in [1.165, 1.54) is 25.7 Å². The minimum Gasteiger partial charge on any atom is -0.392 e. The van der Waals surface area contributed by atoms with Crippen LogP contribution in [0.5, 0.6) is 0 Å². The van der Waals surface area contributed by atoms with E-state index in [2.05, 4.69) is 25.7 Å².